The number of hydrogen-bond donors (Lipinski definition) is 1. The Morgan fingerprint density at radius 1 is 1.60 bits per heavy atom. The molecule has 0 aromatic carbocycles. The quantitative estimate of drug-likeness (QED) is 0.823. The lowest BCUT2D eigenvalue weighted by molar-refractivity contribution is 0.0925. The summed E-state index contributed by atoms with van der Waals surface area (Å²) in [5.74, 6) is -0.0155. The van der Waals surface area contributed by atoms with Crippen LogP contribution in [-0.4, -0.2) is 16.8 Å². The minimum Gasteiger partial charge on any atom is -0.346 e. The molecule has 0 atom stereocenters. The largest absolute Gasteiger partial charge is 0.346 e. The fourth-order valence-electron chi connectivity index (χ4n) is 0.974. The summed E-state index contributed by atoms with van der Waals surface area (Å²) in [6.07, 6.45) is 0. The smallest absolute Gasteiger partial charge is 0.261 e. The van der Waals surface area contributed by atoms with Crippen LogP contribution in [0.1, 0.15) is 29.1 Å². The molecular formula is C10H13Br2NOS. The Bertz CT molecular complexity index is 354. The number of carbonyl (C=O) groups is 1. The standard InChI is InChI=1S/C10H13Br2NOS/c1-6-4-7(15-8(6)12)9(14)13-10(2,3)5-11/h4H,5H2,1-3H3,(H,13,14). The van der Waals surface area contributed by atoms with Crippen molar-refractivity contribution < 1.29 is 4.79 Å². The highest BCUT2D eigenvalue weighted by atomic mass is 79.9. The van der Waals surface area contributed by atoms with E-state index in [2.05, 4.69) is 37.2 Å². The third-order valence-corrected chi connectivity index (χ3v) is 5.40. The van der Waals surface area contributed by atoms with Crippen molar-refractivity contribution in [3.05, 3.63) is 20.3 Å². The van der Waals surface area contributed by atoms with Crippen LogP contribution in [0.4, 0.5) is 0 Å². The Morgan fingerprint density at radius 2 is 2.20 bits per heavy atom. The highest BCUT2D eigenvalue weighted by Crippen LogP contribution is 2.27. The van der Waals surface area contributed by atoms with Gasteiger partial charge in [-0.15, -0.1) is 11.3 Å². The van der Waals surface area contributed by atoms with Crippen molar-refractivity contribution in [3.8, 4) is 0 Å². The number of halogens is 2. The molecule has 5 heteroatoms. The van der Waals surface area contributed by atoms with E-state index in [1.54, 1.807) is 0 Å². The van der Waals surface area contributed by atoms with E-state index >= 15 is 0 Å². The molecule has 0 fully saturated rings. The number of aryl methyl sites for hydroxylation is 1. The molecule has 0 saturated carbocycles. The maximum atomic E-state index is 11.8. The van der Waals surface area contributed by atoms with Crippen LogP contribution < -0.4 is 5.32 Å². The SMILES string of the molecule is Cc1cc(C(=O)NC(C)(C)CBr)sc1Br. The lowest BCUT2D eigenvalue weighted by Crippen LogP contribution is -2.44. The maximum Gasteiger partial charge on any atom is 0.261 e. The van der Waals surface area contributed by atoms with Gasteiger partial charge in [-0.25, -0.2) is 0 Å². The maximum absolute atomic E-state index is 11.8. The summed E-state index contributed by atoms with van der Waals surface area (Å²) >= 11 is 8.24. The number of nitrogens with one attached hydrogen (secondary N) is 1. The fourth-order valence-corrected chi connectivity index (χ4v) is 2.54. The van der Waals surface area contributed by atoms with Gasteiger partial charge in [0.15, 0.2) is 0 Å². The lowest BCUT2D eigenvalue weighted by Gasteiger charge is -2.22. The van der Waals surface area contributed by atoms with Crippen LogP contribution in [0.3, 0.4) is 0 Å². The summed E-state index contributed by atoms with van der Waals surface area (Å²) in [4.78, 5) is 12.6. The van der Waals surface area contributed by atoms with Gasteiger partial charge in [0.25, 0.3) is 5.91 Å². The van der Waals surface area contributed by atoms with E-state index in [1.165, 1.54) is 11.3 Å². The van der Waals surface area contributed by atoms with Crippen LogP contribution in [0.15, 0.2) is 9.85 Å². The second-order valence-electron chi connectivity index (χ2n) is 4.04. The van der Waals surface area contributed by atoms with Gasteiger partial charge in [-0.3, -0.25) is 4.79 Å². The predicted molar refractivity (Wildman–Crippen MR) is 72.1 cm³/mol. The first-order valence-electron chi connectivity index (χ1n) is 4.50. The Kier molecular flexibility index (Phi) is 4.38. The molecule has 0 bridgehead atoms. The van der Waals surface area contributed by atoms with E-state index in [1.807, 2.05) is 26.8 Å². The molecule has 0 aliphatic heterocycles. The minimum atomic E-state index is -0.221. The van der Waals surface area contributed by atoms with Crippen LogP contribution in [0.5, 0.6) is 0 Å². The van der Waals surface area contributed by atoms with E-state index in [0.29, 0.717) is 0 Å². The van der Waals surface area contributed by atoms with Gasteiger partial charge in [-0.05, 0) is 48.3 Å². The summed E-state index contributed by atoms with van der Waals surface area (Å²) in [5.41, 5.74) is 0.878. The molecule has 1 amide bonds. The van der Waals surface area contributed by atoms with Crippen LogP contribution >= 0.6 is 43.2 Å². The number of hydrogen-bond acceptors (Lipinski definition) is 2. The molecule has 0 saturated heterocycles. The first-order chi connectivity index (χ1) is 6.85. The van der Waals surface area contributed by atoms with Crippen molar-refractivity contribution >= 4 is 49.1 Å². The van der Waals surface area contributed by atoms with Crippen molar-refractivity contribution in [2.45, 2.75) is 26.3 Å². The topological polar surface area (TPSA) is 29.1 Å². The second-order valence-corrected chi connectivity index (χ2v) is 6.97. The minimum absolute atomic E-state index is 0.0155. The Balaban J connectivity index is 2.78. The van der Waals surface area contributed by atoms with E-state index < -0.39 is 0 Å². The Labute approximate surface area is 111 Å². The van der Waals surface area contributed by atoms with Crippen LogP contribution in [0.2, 0.25) is 0 Å². The van der Waals surface area contributed by atoms with Crippen LogP contribution in [0, 0.1) is 6.92 Å². The van der Waals surface area contributed by atoms with Crippen molar-refractivity contribution in [2.24, 2.45) is 0 Å². The van der Waals surface area contributed by atoms with Crippen molar-refractivity contribution in [3.63, 3.8) is 0 Å². The molecule has 1 aromatic heterocycles. The molecule has 0 aliphatic rings. The molecule has 1 aromatic rings. The van der Waals surface area contributed by atoms with Crippen LogP contribution in [-0.2, 0) is 0 Å². The zero-order valence-corrected chi connectivity index (χ0v) is 12.8. The molecule has 15 heavy (non-hydrogen) atoms. The van der Waals surface area contributed by atoms with E-state index in [0.717, 1.165) is 19.6 Å². The molecular weight excluding hydrogens is 342 g/mol. The summed E-state index contributed by atoms with van der Waals surface area (Å²) in [6.45, 7) is 5.94. The number of amides is 1. The van der Waals surface area contributed by atoms with E-state index in [9.17, 15) is 4.79 Å². The van der Waals surface area contributed by atoms with Gasteiger partial charge in [0.05, 0.1) is 8.66 Å². The number of carbonyl (C=O) groups excluding carboxylic acids is 1. The molecule has 84 valence electrons. The van der Waals surface area contributed by atoms with Gasteiger partial charge in [0.2, 0.25) is 0 Å². The van der Waals surface area contributed by atoms with Gasteiger partial charge in [0, 0.05) is 10.9 Å². The van der Waals surface area contributed by atoms with E-state index in [-0.39, 0.29) is 11.4 Å². The fraction of sp³-hybridized carbons (Fsp3) is 0.500. The first-order valence-corrected chi connectivity index (χ1v) is 7.23. The highest BCUT2D eigenvalue weighted by molar-refractivity contribution is 9.11. The van der Waals surface area contributed by atoms with Crippen molar-refractivity contribution in [1.82, 2.24) is 5.32 Å². The van der Waals surface area contributed by atoms with Crippen molar-refractivity contribution in [2.75, 3.05) is 5.33 Å². The van der Waals surface area contributed by atoms with Crippen LogP contribution in [0.25, 0.3) is 0 Å². The molecule has 0 radical (unpaired) electrons. The summed E-state index contributed by atoms with van der Waals surface area (Å²) in [7, 11) is 0. The van der Waals surface area contributed by atoms with Gasteiger partial charge in [-0.2, -0.15) is 0 Å². The molecule has 0 unspecified atom stereocenters. The number of rotatable bonds is 3. The zero-order chi connectivity index (χ0) is 11.6. The average molecular weight is 355 g/mol. The third-order valence-electron chi connectivity index (χ3n) is 1.87. The molecule has 0 spiro atoms. The first kappa shape index (κ1) is 13.2. The zero-order valence-electron chi connectivity index (χ0n) is 8.86. The molecule has 0 aliphatic carbocycles. The second kappa shape index (κ2) is 4.97. The molecule has 1 rings (SSSR count). The number of thiophene rings is 1. The highest BCUT2D eigenvalue weighted by Gasteiger charge is 2.21. The average Bonchev–Trinajstić information content (AvgIpc) is 2.47. The molecule has 2 nitrogen and oxygen atoms in total. The molecule has 1 heterocycles. The van der Waals surface area contributed by atoms with Crippen molar-refractivity contribution in [1.29, 1.82) is 0 Å². The summed E-state index contributed by atoms with van der Waals surface area (Å²) in [6, 6.07) is 1.90. The van der Waals surface area contributed by atoms with Gasteiger partial charge >= 0.3 is 0 Å². The Hall–Kier alpha value is 0.130. The summed E-state index contributed by atoms with van der Waals surface area (Å²) < 4.78 is 1.02. The van der Waals surface area contributed by atoms with E-state index in [4.69, 9.17) is 0 Å². The van der Waals surface area contributed by atoms with Gasteiger partial charge in [0.1, 0.15) is 0 Å². The molecule has 1 N–H and O–H groups in total. The lowest BCUT2D eigenvalue weighted by atomic mass is 10.1. The van der Waals surface area contributed by atoms with Gasteiger partial charge < -0.3 is 5.32 Å². The Morgan fingerprint density at radius 3 is 2.60 bits per heavy atom. The monoisotopic (exact) mass is 353 g/mol. The normalized spacial score (nSPS) is 11.5. The van der Waals surface area contributed by atoms with Gasteiger partial charge in [-0.1, -0.05) is 15.9 Å². The number of alkyl halides is 1. The summed E-state index contributed by atoms with van der Waals surface area (Å²) in [5, 5.41) is 3.70. The predicted octanol–water partition coefficient (Wildman–Crippen LogP) is 3.72. The third kappa shape index (κ3) is 3.57.